The molecule has 21 heavy (non-hydrogen) atoms. The number of hydrogen-bond donors (Lipinski definition) is 2. The molecular weight excluding hydrogens is 267 g/mol. The Labute approximate surface area is 124 Å². The van der Waals surface area contributed by atoms with Gasteiger partial charge >= 0.3 is 0 Å². The summed E-state index contributed by atoms with van der Waals surface area (Å²) in [6, 6.07) is 14.3. The predicted molar refractivity (Wildman–Crippen MR) is 83.4 cm³/mol. The summed E-state index contributed by atoms with van der Waals surface area (Å²) in [6.07, 6.45) is 2.02. The lowest BCUT2D eigenvalue weighted by Crippen LogP contribution is -2.39. The highest BCUT2D eigenvalue weighted by atomic mass is 19.1. The fraction of sp³-hybridized carbons (Fsp3) is 0.294. The Balaban J connectivity index is 1.56. The lowest BCUT2D eigenvalue weighted by atomic mass is 10.0. The van der Waals surface area contributed by atoms with E-state index in [1.165, 1.54) is 12.1 Å². The van der Waals surface area contributed by atoms with Gasteiger partial charge in [0, 0.05) is 30.5 Å². The Hall–Kier alpha value is -2.23. The third-order valence-electron chi connectivity index (χ3n) is 3.91. The smallest absolute Gasteiger partial charge is 0.125 e. The number of halogens is 1. The van der Waals surface area contributed by atoms with Crippen LogP contribution in [0.25, 0.3) is 0 Å². The van der Waals surface area contributed by atoms with Crippen molar-refractivity contribution in [3.8, 4) is 5.75 Å². The van der Waals surface area contributed by atoms with Crippen molar-refractivity contribution in [2.45, 2.75) is 18.9 Å². The Morgan fingerprint density at radius 3 is 2.43 bits per heavy atom. The predicted octanol–water partition coefficient (Wildman–Crippen LogP) is 3.61. The van der Waals surface area contributed by atoms with Crippen LogP contribution in [-0.4, -0.2) is 24.2 Å². The molecule has 4 heteroatoms. The second kappa shape index (κ2) is 6.04. The number of phenolic OH excluding ortho intramolecular Hbond substituents is 1. The lowest BCUT2D eigenvalue weighted by molar-refractivity contribution is 0.475. The molecule has 110 valence electrons. The quantitative estimate of drug-likeness (QED) is 0.904. The summed E-state index contributed by atoms with van der Waals surface area (Å²) in [5.74, 6) is 0.0861. The van der Waals surface area contributed by atoms with E-state index in [0.717, 1.165) is 37.3 Å². The lowest BCUT2D eigenvalue weighted by Gasteiger charge is -2.34. The summed E-state index contributed by atoms with van der Waals surface area (Å²) in [4.78, 5) is 2.31. The standard InChI is InChI=1S/C17H19FN2O/c18-13-2-1-3-15(12-13)19-14-8-10-20(11-9-14)16-4-6-17(21)7-5-16/h1-7,12,14,19,21H,8-11H2. The molecule has 2 aromatic rings. The van der Waals surface area contributed by atoms with E-state index in [4.69, 9.17) is 0 Å². The van der Waals surface area contributed by atoms with Crippen molar-refractivity contribution < 1.29 is 9.50 Å². The summed E-state index contributed by atoms with van der Waals surface area (Å²) >= 11 is 0. The molecule has 0 unspecified atom stereocenters. The summed E-state index contributed by atoms with van der Waals surface area (Å²) in [5, 5.41) is 12.7. The van der Waals surface area contributed by atoms with E-state index in [1.807, 2.05) is 18.2 Å². The van der Waals surface area contributed by atoms with Crippen LogP contribution in [0.1, 0.15) is 12.8 Å². The number of rotatable bonds is 3. The number of anilines is 2. The highest BCUT2D eigenvalue weighted by Crippen LogP contribution is 2.24. The van der Waals surface area contributed by atoms with Crippen LogP contribution in [0.2, 0.25) is 0 Å². The minimum absolute atomic E-state index is 0.207. The molecule has 0 aromatic heterocycles. The van der Waals surface area contributed by atoms with Crippen molar-refractivity contribution in [1.29, 1.82) is 0 Å². The van der Waals surface area contributed by atoms with E-state index in [0.29, 0.717) is 11.8 Å². The van der Waals surface area contributed by atoms with Gasteiger partial charge in [-0.2, -0.15) is 0 Å². The van der Waals surface area contributed by atoms with E-state index in [2.05, 4.69) is 10.2 Å². The molecule has 0 bridgehead atoms. The van der Waals surface area contributed by atoms with E-state index >= 15 is 0 Å². The van der Waals surface area contributed by atoms with Crippen molar-refractivity contribution in [1.82, 2.24) is 0 Å². The van der Waals surface area contributed by atoms with Crippen LogP contribution >= 0.6 is 0 Å². The van der Waals surface area contributed by atoms with Crippen molar-refractivity contribution in [2.24, 2.45) is 0 Å². The zero-order valence-electron chi connectivity index (χ0n) is 11.8. The summed E-state index contributed by atoms with van der Waals surface area (Å²) in [6.45, 7) is 1.91. The maximum absolute atomic E-state index is 13.2. The molecule has 0 amide bonds. The first kappa shape index (κ1) is 13.7. The number of nitrogens with one attached hydrogen (secondary N) is 1. The van der Waals surface area contributed by atoms with Crippen LogP contribution in [0.3, 0.4) is 0 Å². The van der Waals surface area contributed by atoms with E-state index in [1.54, 1.807) is 18.2 Å². The minimum atomic E-state index is -0.207. The summed E-state index contributed by atoms with van der Waals surface area (Å²) in [7, 11) is 0. The average Bonchev–Trinajstić information content (AvgIpc) is 2.49. The van der Waals surface area contributed by atoms with Crippen molar-refractivity contribution in [3.05, 3.63) is 54.3 Å². The zero-order chi connectivity index (χ0) is 14.7. The maximum Gasteiger partial charge on any atom is 0.125 e. The normalized spacial score (nSPS) is 16.0. The minimum Gasteiger partial charge on any atom is -0.508 e. The first-order chi connectivity index (χ1) is 10.2. The Kier molecular flexibility index (Phi) is 3.95. The zero-order valence-corrected chi connectivity index (χ0v) is 11.8. The van der Waals surface area contributed by atoms with Crippen LogP contribution in [-0.2, 0) is 0 Å². The molecule has 1 aliphatic rings. The summed E-state index contributed by atoms with van der Waals surface area (Å²) in [5.41, 5.74) is 1.98. The molecule has 0 atom stereocenters. The molecule has 1 aliphatic heterocycles. The van der Waals surface area contributed by atoms with Crippen molar-refractivity contribution >= 4 is 11.4 Å². The van der Waals surface area contributed by atoms with Gasteiger partial charge in [0.05, 0.1) is 0 Å². The Morgan fingerprint density at radius 1 is 1.05 bits per heavy atom. The average molecular weight is 286 g/mol. The molecule has 2 aromatic carbocycles. The topological polar surface area (TPSA) is 35.5 Å². The van der Waals surface area contributed by atoms with Gasteiger partial charge in [-0.15, -0.1) is 0 Å². The monoisotopic (exact) mass is 286 g/mol. The van der Waals surface area contributed by atoms with Gasteiger partial charge < -0.3 is 15.3 Å². The van der Waals surface area contributed by atoms with E-state index in [-0.39, 0.29) is 5.82 Å². The molecular formula is C17H19FN2O. The SMILES string of the molecule is Oc1ccc(N2CCC(Nc3cccc(F)c3)CC2)cc1. The second-order valence-electron chi connectivity index (χ2n) is 5.43. The molecule has 3 nitrogen and oxygen atoms in total. The molecule has 3 rings (SSSR count). The number of piperidine rings is 1. The van der Waals surface area contributed by atoms with Crippen LogP contribution in [0.5, 0.6) is 5.75 Å². The Morgan fingerprint density at radius 2 is 1.76 bits per heavy atom. The van der Waals surface area contributed by atoms with E-state index in [9.17, 15) is 9.50 Å². The van der Waals surface area contributed by atoms with Gasteiger partial charge in [0.2, 0.25) is 0 Å². The first-order valence-electron chi connectivity index (χ1n) is 7.27. The molecule has 0 spiro atoms. The number of benzene rings is 2. The molecule has 2 N–H and O–H groups in total. The molecule has 0 saturated carbocycles. The van der Waals surface area contributed by atoms with Crippen molar-refractivity contribution in [3.63, 3.8) is 0 Å². The Bertz CT molecular complexity index is 592. The second-order valence-corrected chi connectivity index (χ2v) is 5.43. The van der Waals surface area contributed by atoms with Gasteiger partial charge in [-0.3, -0.25) is 0 Å². The molecule has 1 saturated heterocycles. The van der Waals surface area contributed by atoms with Gasteiger partial charge in [-0.1, -0.05) is 6.07 Å². The fourth-order valence-corrected chi connectivity index (χ4v) is 2.76. The van der Waals surface area contributed by atoms with Gasteiger partial charge in [0.15, 0.2) is 0 Å². The highest BCUT2D eigenvalue weighted by molar-refractivity contribution is 5.50. The number of aromatic hydroxyl groups is 1. The van der Waals surface area contributed by atoms with Crippen molar-refractivity contribution in [2.75, 3.05) is 23.3 Å². The number of hydrogen-bond acceptors (Lipinski definition) is 3. The number of nitrogens with zero attached hydrogens (tertiary/aromatic N) is 1. The van der Waals surface area contributed by atoms with Gasteiger partial charge in [0.25, 0.3) is 0 Å². The largest absolute Gasteiger partial charge is 0.508 e. The third kappa shape index (κ3) is 3.45. The van der Waals surface area contributed by atoms with Gasteiger partial charge in [-0.25, -0.2) is 4.39 Å². The maximum atomic E-state index is 13.2. The molecule has 0 aliphatic carbocycles. The first-order valence-corrected chi connectivity index (χ1v) is 7.27. The van der Waals surface area contributed by atoms with Crippen LogP contribution in [0, 0.1) is 5.82 Å². The van der Waals surface area contributed by atoms with Crippen LogP contribution in [0.4, 0.5) is 15.8 Å². The molecule has 1 fully saturated rings. The molecule has 1 heterocycles. The fourth-order valence-electron chi connectivity index (χ4n) is 2.76. The summed E-state index contributed by atoms with van der Waals surface area (Å²) < 4.78 is 13.2. The number of phenols is 1. The van der Waals surface area contributed by atoms with Gasteiger partial charge in [0.1, 0.15) is 11.6 Å². The van der Waals surface area contributed by atoms with Crippen LogP contribution < -0.4 is 10.2 Å². The molecule has 0 radical (unpaired) electrons. The van der Waals surface area contributed by atoms with E-state index < -0.39 is 0 Å². The van der Waals surface area contributed by atoms with Gasteiger partial charge in [-0.05, 0) is 55.3 Å². The third-order valence-corrected chi connectivity index (χ3v) is 3.91. The van der Waals surface area contributed by atoms with Crippen LogP contribution in [0.15, 0.2) is 48.5 Å². The highest BCUT2D eigenvalue weighted by Gasteiger charge is 2.19.